The lowest BCUT2D eigenvalue weighted by Gasteiger charge is -2.23. The Balaban J connectivity index is 2.06. The molecule has 118 valence electrons. The van der Waals surface area contributed by atoms with E-state index in [1.165, 1.54) is 0 Å². The van der Waals surface area contributed by atoms with Crippen molar-refractivity contribution in [1.29, 1.82) is 0 Å². The molecule has 0 atom stereocenters. The highest BCUT2D eigenvalue weighted by Crippen LogP contribution is 2.32. The Kier molecular flexibility index (Phi) is 5.48. The summed E-state index contributed by atoms with van der Waals surface area (Å²) in [6, 6.07) is 6.27. The second kappa shape index (κ2) is 7.14. The van der Waals surface area contributed by atoms with Crippen LogP contribution < -0.4 is 14.8 Å². The molecule has 0 heterocycles. The molecule has 1 aliphatic rings. The third kappa shape index (κ3) is 4.61. The fourth-order valence-corrected chi connectivity index (χ4v) is 2.65. The van der Waals surface area contributed by atoms with E-state index in [4.69, 9.17) is 9.47 Å². The summed E-state index contributed by atoms with van der Waals surface area (Å²) in [6.07, 6.45) is 3.83. The molecule has 1 saturated carbocycles. The van der Waals surface area contributed by atoms with E-state index in [1.807, 2.05) is 18.2 Å². The average molecular weight is 293 g/mol. The molecule has 0 saturated heterocycles. The molecule has 0 aliphatic heterocycles. The van der Waals surface area contributed by atoms with Crippen molar-refractivity contribution in [3.63, 3.8) is 0 Å². The summed E-state index contributed by atoms with van der Waals surface area (Å²) in [4.78, 5) is 0. The minimum absolute atomic E-state index is 0.356. The molecule has 2 rings (SSSR count). The van der Waals surface area contributed by atoms with Crippen molar-refractivity contribution in [3.8, 4) is 11.5 Å². The fraction of sp³-hybridized carbons (Fsp3) is 0.647. The molecule has 1 aliphatic carbocycles. The van der Waals surface area contributed by atoms with Gasteiger partial charge in [-0.3, -0.25) is 0 Å². The van der Waals surface area contributed by atoms with Crippen LogP contribution in [0, 0.1) is 0 Å². The highest BCUT2D eigenvalue weighted by molar-refractivity contribution is 5.40. The Morgan fingerprint density at radius 1 is 1.29 bits per heavy atom. The van der Waals surface area contributed by atoms with Crippen molar-refractivity contribution < 1.29 is 14.6 Å². The van der Waals surface area contributed by atoms with Gasteiger partial charge in [0.2, 0.25) is 0 Å². The Bertz CT molecular complexity index is 453. The van der Waals surface area contributed by atoms with Gasteiger partial charge in [-0.25, -0.2) is 0 Å². The van der Waals surface area contributed by atoms with Crippen molar-refractivity contribution in [1.82, 2.24) is 5.32 Å². The minimum Gasteiger partial charge on any atom is -0.497 e. The van der Waals surface area contributed by atoms with Crippen LogP contribution in [-0.2, 0) is 6.54 Å². The number of aliphatic hydroxyl groups is 1. The first-order valence-corrected chi connectivity index (χ1v) is 7.78. The molecule has 0 aromatic heterocycles. The first-order chi connectivity index (χ1) is 10.0. The summed E-state index contributed by atoms with van der Waals surface area (Å²) in [5, 5.41) is 13.8. The van der Waals surface area contributed by atoms with E-state index in [-0.39, 0.29) is 0 Å². The van der Waals surface area contributed by atoms with Crippen LogP contribution in [0.15, 0.2) is 18.2 Å². The van der Waals surface area contributed by atoms with Gasteiger partial charge in [-0.1, -0.05) is 32.8 Å². The van der Waals surface area contributed by atoms with Gasteiger partial charge in [0.15, 0.2) is 0 Å². The molecule has 0 amide bonds. The molecule has 0 bridgehead atoms. The number of nitrogens with one attached hydrogen (secondary N) is 1. The van der Waals surface area contributed by atoms with Crippen LogP contribution in [0.5, 0.6) is 11.5 Å². The van der Waals surface area contributed by atoms with Crippen molar-refractivity contribution in [2.24, 2.45) is 0 Å². The van der Waals surface area contributed by atoms with Gasteiger partial charge >= 0.3 is 0 Å². The maximum absolute atomic E-state index is 10.4. The maximum Gasteiger partial charge on any atom is 0.127 e. The Hall–Kier alpha value is -1.26. The number of ether oxygens (including phenoxy) is 2. The number of benzene rings is 1. The molecule has 4 heteroatoms. The van der Waals surface area contributed by atoms with E-state index in [0.717, 1.165) is 49.3 Å². The first kappa shape index (κ1) is 16.1. The summed E-state index contributed by atoms with van der Waals surface area (Å²) in [7, 11) is 1.65. The Morgan fingerprint density at radius 2 is 2.00 bits per heavy atom. The van der Waals surface area contributed by atoms with Crippen molar-refractivity contribution >= 4 is 0 Å². The second-order valence-corrected chi connectivity index (χ2v) is 6.23. The number of hydrogen-bond donors (Lipinski definition) is 2. The number of hydrogen-bond acceptors (Lipinski definition) is 4. The lowest BCUT2D eigenvalue weighted by Crippen LogP contribution is -2.32. The standard InChI is InChI=1S/C17H27NO3/c1-13(2)18-11-14-6-7-15(20-3)10-16(14)21-12-17(19)8-4-5-9-17/h6-7,10,13,18-19H,4-5,8-9,11-12H2,1-3H3. The highest BCUT2D eigenvalue weighted by Gasteiger charge is 2.32. The van der Waals surface area contributed by atoms with E-state index in [2.05, 4.69) is 19.2 Å². The Labute approximate surface area is 127 Å². The van der Waals surface area contributed by atoms with Crippen LogP contribution in [0.2, 0.25) is 0 Å². The lowest BCUT2D eigenvalue weighted by molar-refractivity contribution is 0.00104. The summed E-state index contributed by atoms with van der Waals surface area (Å²) in [5.41, 5.74) is 0.428. The van der Waals surface area contributed by atoms with Crippen LogP contribution >= 0.6 is 0 Å². The smallest absolute Gasteiger partial charge is 0.127 e. The topological polar surface area (TPSA) is 50.7 Å². The van der Waals surface area contributed by atoms with E-state index < -0.39 is 5.60 Å². The molecule has 4 nitrogen and oxygen atoms in total. The van der Waals surface area contributed by atoms with E-state index in [0.29, 0.717) is 12.6 Å². The van der Waals surface area contributed by atoms with Gasteiger partial charge in [0.25, 0.3) is 0 Å². The zero-order valence-corrected chi connectivity index (χ0v) is 13.3. The zero-order valence-electron chi connectivity index (χ0n) is 13.3. The molecule has 2 N–H and O–H groups in total. The monoisotopic (exact) mass is 293 g/mol. The molecule has 1 fully saturated rings. The maximum atomic E-state index is 10.4. The summed E-state index contributed by atoms with van der Waals surface area (Å²) in [6.45, 7) is 5.33. The second-order valence-electron chi connectivity index (χ2n) is 6.23. The number of methoxy groups -OCH3 is 1. The van der Waals surface area contributed by atoms with Crippen LogP contribution in [0.25, 0.3) is 0 Å². The SMILES string of the molecule is COc1ccc(CNC(C)C)c(OCC2(O)CCCC2)c1. The Morgan fingerprint density at radius 3 is 2.62 bits per heavy atom. The van der Waals surface area contributed by atoms with Crippen molar-refractivity contribution in [3.05, 3.63) is 23.8 Å². The van der Waals surface area contributed by atoms with Crippen LogP contribution in [0.3, 0.4) is 0 Å². The predicted molar refractivity (Wildman–Crippen MR) is 83.9 cm³/mol. The van der Waals surface area contributed by atoms with Crippen LogP contribution in [-0.4, -0.2) is 30.5 Å². The van der Waals surface area contributed by atoms with Crippen molar-refractivity contribution in [2.75, 3.05) is 13.7 Å². The molecule has 1 aromatic rings. The molecule has 0 unspecified atom stereocenters. The van der Waals surface area contributed by atoms with Gasteiger partial charge in [0, 0.05) is 24.2 Å². The third-order valence-corrected chi connectivity index (χ3v) is 4.01. The minimum atomic E-state index is -0.661. The molecule has 0 radical (unpaired) electrons. The molecule has 21 heavy (non-hydrogen) atoms. The van der Waals surface area contributed by atoms with Gasteiger partial charge in [0.05, 0.1) is 12.7 Å². The van der Waals surface area contributed by atoms with E-state index in [9.17, 15) is 5.11 Å². The molecular weight excluding hydrogens is 266 g/mol. The van der Waals surface area contributed by atoms with Crippen LogP contribution in [0.1, 0.15) is 45.1 Å². The largest absolute Gasteiger partial charge is 0.497 e. The van der Waals surface area contributed by atoms with E-state index >= 15 is 0 Å². The summed E-state index contributed by atoms with van der Waals surface area (Å²) < 4.78 is 11.2. The van der Waals surface area contributed by atoms with Gasteiger partial charge in [-0.15, -0.1) is 0 Å². The van der Waals surface area contributed by atoms with Gasteiger partial charge in [-0.05, 0) is 18.9 Å². The normalized spacial score (nSPS) is 17.2. The van der Waals surface area contributed by atoms with Gasteiger partial charge in [0.1, 0.15) is 18.1 Å². The van der Waals surface area contributed by atoms with Gasteiger partial charge < -0.3 is 19.9 Å². The number of rotatable bonds is 7. The highest BCUT2D eigenvalue weighted by atomic mass is 16.5. The third-order valence-electron chi connectivity index (χ3n) is 4.01. The van der Waals surface area contributed by atoms with Crippen LogP contribution in [0.4, 0.5) is 0 Å². The molecule has 0 spiro atoms. The van der Waals surface area contributed by atoms with Crippen molar-refractivity contribution in [2.45, 2.75) is 57.7 Å². The predicted octanol–water partition coefficient (Wildman–Crippen LogP) is 2.88. The molecule has 1 aromatic carbocycles. The summed E-state index contributed by atoms with van der Waals surface area (Å²) >= 11 is 0. The van der Waals surface area contributed by atoms with Gasteiger partial charge in [-0.2, -0.15) is 0 Å². The molecular formula is C17H27NO3. The fourth-order valence-electron chi connectivity index (χ4n) is 2.65. The summed E-state index contributed by atoms with van der Waals surface area (Å²) in [5.74, 6) is 1.57. The zero-order chi connectivity index (χ0) is 15.3. The van der Waals surface area contributed by atoms with E-state index in [1.54, 1.807) is 7.11 Å². The quantitative estimate of drug-likeness (QED) is 0.811. The first-order valence-electron chi connectivity index (χ1n) is 7.78. The lowest BCUT2D eigenvalue weighted by atomic mass is 10.0. The average Bonchev–Trinajstić information content (AvgIpc) is 2.90.